The molecule has 0 saturated carbocycles. The van der Waals surface area contributed by atoms with Crippen molar-refractivity contribution >= 4 is 17.5 Å². The molecule has 1 aromatic carbocycles. The topological polar surface area (TPSA) is 29.5 Å². The SMILES string of the molecule is CC(C)(C)OCC(=O)N1CCCC1c1cccc(Cl)c1. The molecule has 1 aliphatic heterocycles. The van der Waals surface area contributed by atoms with E-state index in [-0.39, 0.29) is 24.2 Å². The number of rotatable bonds is 3. The van der Waals surface area contributed by atoms with Crippen molar-refractivity contribution < 1.29 is 9.53 Å². The van der Waals surface area contributed by atoms with Crippen molar-refractivity contribution in [2.24, 2.45) is 0 Å². The van der Waals surface area contributed by atoms with Gasteiger partial charge in [-0.15, -0.1) is 0 Å². The summed E-state index contributed by atoms with van der Waals surface area (Å²) >= 11 is 6.04. The zero-order chi connectivity index (χ0) is 14.8. The normalized spacial score (nSPS) is 19.4. The van der Waals surface area contributed by atoms with Gasteiger partial charge in [-0.05, 0) is 51.3 Å². The highest BCUT2D eigenvalue weighted by Gasteiger charge is 2.30. The fourth-order valence-electron chi connectivity index (χ4n) is 2.49. The second-order valence-electron chi connectivity index (χ2n) is 6.20. The van der Waals surface area contributed by atoms with Gasteiger partial charge >= 0.3 is 0 Å². The van der Waals surface area contributed by atoms with Crippen molar-refractivity contribution in [1.82, 2.24) is 4.90 Å². The fraction of sp³-hybridized carbons (Fsp3) is 0.562. The maximum atomic E-state index is 12.3. The Bertz CT molecular complexity index is 482. The molecule has 1 fully saturated rings. The molecule has 0 spiro atoms. The van der Waals surface area contributed by atoms with E-state index < -0.39 is 0 Å². The van der Waals surface area contributed by atoms with Gasteiger partial charge in [0.05, 0.1) is 11.6 Å². The Balaban J connectivity index is 2.05. The zero-order valence-corrected chi connectivity index (χ0v) is 13.1. The van der Waals surface area contributed by atoms with Crippen molar-refractivity contribution in [1.29, 1.82) is 0 Å². The van der Waals surface area contributed by atoms with E-state index in [2.05, 4.69) is 0 Å². The molecule has 0 N–H and O–H groups in total. The predicted molar refractivity (Wildman–Crippen MR) is 80.8 cm³/mol. The van der Waals surface area contributed by atoms with E-state index in [0.717, 1.165) is 24.9 Å². The molecule has 0 aliphatic carbocycles. The van der Waals surface area contributed by atoms with Crippen LogP contribution in [0.2, 0.25) is 5.02 Å². The summed E-state index contributed by atoms with van der Waals surface area (Å²) in [5.74, 6) is 0.0578. The van der Waals surface area contributed by atoms with E-state index in [1.807, 2.05) is 49.9 Å². The molecule has 110 valence electrons. The quantitative estimate of drug-likeness (QED) is 0.848. The van der Waals surface area contributed by atoms with Gasteiger partial charge in [0.25, 0.3) is 0 Å². The molecule has 20 heavy (non-hydrogen) atoms. The smallest absolute Gasteiger partial charge is 0.249 e. The molecule has 1 unspecified atom stereocenters. The van der Waals surface area contributed by atoms with E-state index in [1.54, 1.807) is 0 Å². The first kappa shape index (κ1) is 15.3. The standard InChI is InChI=1S/C16H22ClNO2/c1-16(2,3)20-11-15(19)18-9-5-8-14(18)12-6-4-7-13(17)10-12/h4,6-7,10,14H,5,8-9,11H2,1-3H3. The van der Waals surface area contributed by atoms with Gasteiger partial charge in [-0.2, -0.15) is 0 Å². The number of carbonyl (C=O) groups is 1. The van der Waals surface area contributed by atoms with E-state index >= 15 is 0 Å². The molecule has 0 bridgehead atoms. The Morgan fingerprint density at radius 1 is 1.45 bits per heavy atom. The van der Waals surface area contributed by atoms with Crippen LogP contribution in [0.3, 0.4) is 0 Å². The molecule has 1 amide bonds. The third-order valence-electron chi connectivity index (χ3n) is 3.44. The van der Waals surface area contributed by atoms with Crippen molar-refractivity contribution in [3.8, 4) is 0 Å². The summed E-state index contributed by atoms with van der Waals surface area (Å²) in [4.78, 5) is 14.2. The molecule has 1 saturated heterocycles. The largest absolute Gasteiger partial charge is 0.366 e. The fourth-order valence-corrected chi connectivity index (χ4v) is 2.69. The minimum absolute atomic E-state index is 0.0578. The van der Waals surface area contributed by atoms with Crippen LogP contribution >= 0.6 is 11.6 Å². The first-order valence-corrected chi connectivity index (χ1v) is 7.43. The van der Waals surface area contributed by atoms with Crippen LogP contribution in [0, 0.1) is 0 Å². The van der Waals surface area contributed by atoms with Crippen molar-refractivity contribution in [2.75, 3.05) is 13.2 Å². The molecular formula is C16H22ClNO2. The van der Waals surface area contributed by atoms with E-state index in [4.69, 9.17) is 16.3 Å². The average Bonchev–Trinajstić information content (AvgIpc) is 2.84. The lowest BCUT2D eigenvalue weighted by Crippen LogP contribution is -2.36. The van der Waals surface area contributed by atoms with E-state index in [9.17, 15) is 4.79 Å². The highest BCUT2D eigenvalue weighted by Crippen LogP contribution is 2.33. The molecule has 0 radical (unpaired) electrons. The molecular weight excluding hydrogens is 274 g/mol. The van der Waals surface area contributed by atoms with Crippen LogP contribution in [-0.4, -0.2) is 29.6 Å². The average molecular weight is 296 g/mol. The molecule has 0 aromatic heterocycles. The number of hydrogen-bond acceptors (Lipinski definition) is 2. The second kappa shape index (κ2) is 6.15. The summed E-state index contributed by atoms with van der Waals surface area (Å²) in [6, 6.07) is 7.90. The van der Waals surface area contributed by atoms with Crippen LogP contribution < -0.4 is 0 Å². The number of benzene rings is 1. The molecule has 3 nitrogen and oxygen atoms in total. The number of halogens is 1. The third kappa shape index (κ3) is 3.97. The minimum atomic E-state index is -0.291. The van der Waals surface area contributed by atoms with Crippen molar-refractivity contribution in [3.63, 3.8) is 0 Å². The first-order chi connectivity index (χ1) is 9.37. The lowest BCUT2D eigenvalue weighted by Gasteiger charge is -2.27. The maximum Gasteiger partial charge on any atom is 0.249 e. The number of ether oxygens (including phenoxy) is 1. The van der Waals surface area contributed by atoms with Crippen molar-refractivity contribution in [2.45, 2.75) is 45.3 Å². The Labute approximate surface area is 125 Å². The predicted octanol–water partition coefficient (Wildman–Crippen LogP) is 3.82. The Morgan fingerprint density at radius 3 is 2.85 bits per heavy atom. The van der Waals surface area contributed by atoms with Crippen LogP contribution in [0.25, 0.3) is 0 Å². The highest BCUT2D eigenvalue weighted by molar-refractivity contribution is 6.30. The molecule has 1 aromatic rings. The second-order valence-corrected chi connectivity index (χ2v) is 6.64. The maximum absolute atomic E-state index is 12.3. The molecule has 1 atom stereocenters. The van der Waals surface area contributed by atoms with Crippen LogP contribution in [0.15, 0.2) is 24.3 Å². The van der Waals surface area contributed by atoms with Crippen LogP contribution in [0.5, 0.6) is 0 Å². The van der Waals surface area contributed by atoms with E-state index in [1.165, 1.54) is 0 Å². The van der Waals surface area contributed by atoms with Gasteiger partial charge in [-0.3, -0.25) is 4.79 Å². The van der Waals surface area contributed by atoms with Crippen LogP contribution in [0.1, 0.15) is 45.2 Å². The van der Waals surface area contributed by atoms with Gasteiger partial charge in [0.2, 0.25) is 5.91 Å². The summed E-state index contributed by atoms with van der Waals surface area (Å²) < 4.78 is 5.59. The zero-order valence-electron chi connectivity index (χ0n) is 12.4. The molecule has 2 rings (SSSR count). The molecule has 1 heterocycles. The van der Waals surface area contributed by atoms with Gasteiger partial charge in [0.1, 0.15) is 6.61 Å². The summed E-state index contributed by atoms with van der Waals surface area (Å²) in [7, 11) is 0. The third-order valence-corrected chi connectivity index (χ3v) is 3.67. The van der Waals surface area contributed by atoms with E-state index in [0.29, 0.717) is 5.02 Å². The lowest BCUT2D eigenvalue weighted by atomic mass is 10.0. The molecule has 4 heteroatoms. The lowest BCUT2D eigenvalue weighted by molar-refractivity contribution is -0.142. The number of likely N-dealkylation sites (tertiary alicyclic amines) is 1. The first-order valence-electron chi connectivity index (χ1n) is 7.06. The highest BCUT2D eigenvalue weighted by atomic mass is 35.5. The van der Waals surface area contributed by atoms with Crippen LogP contribution in [-0.2, 0) is 9.53 Å². The summed E-state index contributed by atoms with van der Waals surface area (Å²) in [6.07, 6.45) is 2.01. The monoisotopic (exact) mass is 295 g/mol. The Kier molecular flexibility index (Phi) is 4.71. The Morgan fingerprint density at radius 2 is 2.20 bits per heavy atom. The Hall–Kier alpha value is -1.06. The van der Waals surface area contributed by atoms with Crippen LogP contribution in [0.4, 0.5) is 0 Å². The number of nitrogens with zero attached hydrogens (tertiary/aromatic N) is 1. The number of amides is 1. The van der Waals surface area contributed by atoms with Gasteiger partial charge in [-0.1, -0.05) is 23.7 Å². The molecule has 1 aliphatic rings. The van der Waals surface area contributed by atoms with Gasteiger partial charge in [0, 0.05) is 11.6 Å². The summed E-state index contributed by atoms with van der Waals surface area (Å²) in [6.45, 7) is 6.81. The van der Waals surface area contributed by atoms with Gasteiger partial charge < -0.3 is 9.64 Å². The summed E-state index contributed by atoms with van der Waals surface area (Å²) in [5, 5.41) is 0.716. The number of hydrogen-bond donors (Lipinski definition) is 0. The van der Waals surface area contributed by atoms with Gasteiger partial charge in [0.15, 0.2) is 0 Å². The van der Waals surface area contributed by atoms with Crippen molar-refractivity contribution in [3.05, 3.63) is 34.9 Å². The minimum Gasteiger partial charge on any atom is -0.366 e. The summed E-state index contributed by atoms with van der Waals surface area (Å²) in [5.41, 5.74) is 0.820. The van der Waals surface area contributed by atoms with Gasteiger partial charge in [-0.25, -0.2) is 0 Å². The number of carbonyl (C=O) groups excluding carboxylic acids is 1.